The molecule has 1 fully saturated rings. The van der Waals surface area contributed by atoms with Gasteiger partial charge in [0.2, 0.25) is 0 Å². The first-order valence-electron chi connectivity index (χ1n) is 5.83. The Morgan fingerprint density at radius 2 is 1.85 bits per heavy atom. The Morgan fingerprint density at radius 1 is 1.23 bits per heavy atom. The van der Waals surface area contributed by atoms with Crippen LogP contribution in [0.2, 0.25) is 0 Å². The van der Waals surface area contributed by atoms with Crippen molar-refractivity contribution < 1.29 is 0 Å². The van der Waals surface area contributed by atoms with Crippen LogP contribution in [0.15, 0.2) is 0 Å². The van der Waals surface area contributed by atoms with Crippen molar-refractivity contribution in [2.45, 2.75) is 71.4 Å². The topological polar surface area (TPSA) is 12.0 Å². The molecule has 1 nitrogen and oxygen atoms in total. The maximum Gasteiger partial charge on any atom is 0.0125 e. The summed E-state index contributed by atoms with van der Waals surface area (Å²) in [6.45, 7) is 9.28. The van der Waals surface area contributed by atoms with E-state index in [1.807, 2.05) is 0 Å². The second-order valence-corrected chi connectivity index (χ2v) is 5.25. The quantitative estimate of drug-likeness (QED) is 0.707. The van der Waals surface area contributed by atoms with Crippen LogP contribution in [0.5, 0.6) is 0 Å². The third kappa shape index (κ3) is 3.30. The van der Waals surface area contributed by atoms with Crippen LogP contribution in [0, 0.1) is 5.92 Å². The molecule has 0 saturated heterocycles. The lowest BCUT2D eigenvalue weighted by atomic mass is 9.84. The monoisotopic (exact) mass is 183 g/mol. The molecule has 1 heteroatoms. The Morgan fingerprint density at radius 3 is 2.38 bits per heavy atom. The average molecular weight is 183 g/mol. The lowest BCUT2D eigenvalue weighted by Gasteiger charge is -2.37. The summed E-state index contributed by atoms with van der Waals surface area (Å²) in [7, 11) is 0. The van der Waals surface area contributed by atoms with Gasteiger partial charge in [-0.1, -0.05) is 26.7 Å². The highest BCUT2D eigenvalue weighted by molar-refractivity contribution is 4.85. The van der Waals surface area contributed by atoms with E-state index in [-0.39, 0.29) is 0 Å². The Kier molecular flexibility index (Phi) is 3.78. The molecule has 0 bridgehead atoms. The first-order chi connectivity index (χ1) is 6.05. The van der Waals surface area contributed by atoms with Gasteiger partial charge in [0.15, 0.2) is 0 Å². The van der Waals surface area contributed by atoms with E-state index in [1.165, 1.54) is 32.1 Å². The van der Waals surface area contributed by atoms with E-state index in [1.54, 1.807) is 0 Å². The van der Waals surface area contributed by atoms with E-state index >= 15 is 0 Å². The summed E-state index contributed by atoms with van der Waals surface area (Å²) in [4.78, 5) is 0. The van der Waals surface area contributed by atoms with Crippen molar-refractivity contribution in [3.8, 4) is 0 Å². The maximum atomic E-state index is 3.79. The Labute approximate surface area is 83.3 Å². The van der Waals surface area contributed by atoms with E-state index in [4.69, 9.17) is 0 Å². The fourth-order valence-corrected chi connectivity index (χ4v) is 2.13. The van der Waals surface area contributed by atoms with E-state index in [0.717, 1.165) is 12.0 Å². The van der Waals surface area contributed by atoms with Crippen LogP contribution in [0.3, 0.4) is 0 Å². The highest BCUT2D eigenvalue weighted by Gasteiger charge is 2.26. The predicted octanol–water partition coefficient (Wildman–Crippen LogP) is 3.34. The number of hydrogen-bond acceptors (Lipinski definition) is 1. The summed E-state index contributed by atoms with van der Waals surface area (Å²) in [5, 5.41) is 3.79. The van der Waals surface area contributed by atoms with Crippen LogP contribution in [0.1, 0.15) is 59.8 Å². The third-order valence-electron chi connectivity index (χ3n) is 3.57. The lowest BCUT2D eigenvalue weighted by Crippen LogP contribution is -2.49. The zero-order chi connectivity index (χ0) is 9.90. The van der Waals surface area contributed by atoms with Crippen molar-refractivity contribution in [2.75, 3.05) is 0 Å². The van der Waals surface area contributed by atoms with Crippen LogP contribution >= 0.6 is 0 Å². The average Bonchev–Trinajstić information content (AvgIpc) is 2.09. The molecular formula is C12H25N. The second kappa shape index (κ2) is 4.45. The largest absolute Gasteiger partial charge is 0.309 e. The van der Waals surface area contributed by atoms with Crippen LogP contribution < -0.4 is 5.32 Å². The number of hydrogen-bond donors (Lipinski definition) is 1. The minimum Gasteiger partial charge on any atom is -0.309 e. The van der Waals surface area contributed by atoms with Crippen LogP contribution in [0.4, 0.5) is 0 Å². The van der Waals surface area contributed by atoms with Crippen molar-refractivity contribution in [3.63, 3.8) is 0 Å². The van der Waals surface area contributed by atoms with E-state index < -0.39 is 0 Å². The Hall–Kier alpha value is -0.0400. The van der Waals surface area contributed by atoms with E-state index in [9.17, 15) is 0 Å². The SMILES string of the molecule is CCC(C)(C)NC1CCCCC1C. The van der Waals surface area contributed by atoms with Crippen molar-refractivity contribution in [1.29, 1.82) is 0 Å². The molecule has 0 aromatic carbocycles. The molecular weight excluding hydrogens is 158 g/mol. The molecule has 1 aliphatic carbocycles. The number of rotatable bonds is 3. The molecule has 13 heavy (non-hydrogen) atoms. The smallest absolute Gasteiger partial charge is 0.0125 e. The van der Waals surface area contributed by atoms with Crippen molar-refractivity contribution >= 4 is 0 Å². The molecule has 1 N–H and O–H groups in total. The Balaban J connectivity index is 2.42. The van der Waals surface area contributed by atoms with Crippen molar-refractivity contribution in [3.05, 3.63) is 0 Å². The molecule has 0 aromatic rings. The minimum absolute atomic E-state index is 0.330. The van der Waals surface area contributed by atoms with Crippen LogP contribution in [-0.2, 0) is 0 Å². The molecule has 0 amide bonds. The standard InChI is InChI=1S/C12H25N/c1-5-12(3,4)13-11-9-7-6-8-10(11)2/h10-11,13H,5-9H2,1-4H3. The molecule has 1 rings (SSSR count). The molecule has 2 unspecified atom stereocenters. The van der Waals surface area contributed by atoms with Crippen molar-refractivity contribution in [1.82, 2.24) is 5.32 Å². The summed E-state index contributed by atoms with van der Waals surface area (Å²) in [5.41, 5.74) is 0.330. The van der Waals surface area contributed by atoms with Gasteiger partial charge in [-0.05, 0) is 39.0 Å². The van der Waals surface area contributed by atoms with Gasteiger partial charge < -0.3 is 5.32 Å². The highest BCUT2D eigenvalue weighted by Crippen LogP contribution is 2.25. The van der Waals surface area contributed by atoms with Gasteiger partial charge in [-0.15, -0.1) is 0 Å². The molecule has 0 aliphatic heterocycles. The van der Waals surface area contributed by atoms with Crippen LogP contribution in [0.25, 0.3) is 0 Å². The van der Waals surface area contributed by atoms with Crippen molar-refractivity contribution in [2.24, 2.45) is 5.92 Å². The predicted molar refractivity (Wildman–Crippen MR) is 58.9 cm³/mol. The normalized spacial score (nSPS) is 30.5. The fourth-order valence-electron chi connectivity index (χ4n) is 2.13. The third-order valence-corrected chi connectivity index (χ3v) is 3.57. The molecule has 78 valence electrons. The molecule has 0 heterocycles. The van der Waals surface area contributed by atoms with Crippen LogP contribution in [-0.4, -0.2) is 11.6 Å². The lowest BCUT2D eigenvalue weighted by molar-refractivity contribution is 0.218. The Bertz CT molecular complexity index is 151. The fraction of sp³-hybridized carbons (Fsp3) is 1.00. The molecule has 0 radical (unpaired) electrons. The molecule has 1 saturated carbocycles. The van der Waals surface area contributed by atoms with Gasteiger partial charge in [0.1, 0.15) is 0 Å². The van der Waals surface area contributed by atoms with E-state index in [2.05, 4.69) is 33.0 Å². The minimum atomic E-state index is 0.330. The number of nitrogens with one attached hydrogen (secondary N) is 1. The van der Waals surface area contributed by atoms with Gasteiger partial charge in [-0.25, -0.2) is 0 Å². The summed E-state index contributed by atoms with van der Waals surface area (Å²) >= 11 is 0. The zero-order valence-electron chi connectivity index (χ0n) is 9.69. The van der Waals surface area contributed by atoms with Gasteiger partial charge in [0, 0.05) is 11.6 Å². The van der Waals surface area contributed by atoms with Gasteiger partial charge >= 0.3 is 0 Å². The molecule has 0 aromatic heterocycles. The summed E-state index contributed by atoms with van der Waals surface area (Å²) in [5.74, 6) is 0.875. The summed E-state index contributed by atoms with van der Waals surface area (Å²) < 4.78 is 0. The first-order valence-corrected chi connectivity index (χ1v) is 5.83. The summed E-state index contributed by atoms with van der Waals surface area (Å²) in [6, 6.07) is 0.767. The summed E-state index contributed by atoms with van der Waals surface area (Å²) in [6.07, 6.45) is 6.87. The maximum absolute atomic E-state index is 3.79. The van der Waals surface area contributed by atoms with Gasteiger partial charge in [0.25, 0.3) is 0 Å². The molecule has 2 atom stereocenters. The van der Waals surface area contributed by atoms with E-state index in [0.29, 0.717) is 5.54 Å². The second-order valence-electron chi connectivity index (χ2n) is 5.25. The van der Waals surface area contributed by atoms with Gasteiger partial charge in [-0.2, -0.15) is 0 Å². The first kappa shape index (κ1) is 11.0. The highest BCUT2D eigenvalue weighted by atomic mass is 15.0. The van der Waals surface area contributed by atoms with Gasteiger partial charge in [0.05, 0.1) is 0 Å². The molecule has 1 aliphatic rings. The zero-order valence-corrected chi connectivity index (χ0v) is 9.69. The van der Waals surface area contributed by atoms with Gasteiger partial charge in [-0.3, -0.25) is 0 Å². The molecule has 0 spiro atoms.